The van der Waals surface area contributed by atoms with Crippen LogP contribution in [0.3, 0.4) is 0 Å². The van der Waals surface area contributed by atoms with Crippen LogP contribution >= 0.6 is 0 Å². The number of sulfonamides is 1. The second-order valence-electron chi connectivity index (χ2n) is 8.48. The second-order valence-corrected chi connectivity index (χ2v) is 10.3. The zero-order valence-corrected chi connectivity index (χ0v) is 20.5. The quantitative estimate of drug-likeness (QED) is 0.557. The van der Waals surface area contributed by atoms with Crippen molar-refractivity contribution in [2.45, 2.75) is 63.6 Å². The molecule has 34 heavy (non-hydrogen) atoms. The van der Waals surface area contributed by atoms with E-state index in [0.717, 1.165) is 16.3 Å². The number of benzene rings is 2. The lowest BCUT2D eigenvalue weighted by atomic mass is 10.1. The SMILES string of the molecule is CC[C@@H](C)NC(=O)[C@H](C)N(Cc1ccccc1)C(=O)CCCN1C(=O)c2ccccc2S1(=O)=O. The Hall–Kier alpha value is -3.20. The molecule has 0 fully saturated rings. The summed E-state index contributed by atoms with van der Waals surface area (Å²) in [6, 6.07) is 14.7. The number of hydrogen-bond donors (Lipinski definition) is 1. The van der Waals surface area contributed by atoms with Gasteiger partial charge in [0.1, 0.15) is 10.9 Å². The van der Waals surface area contributed by atoms with Gasteiger partial charge in [0.15, 0.2) is 0 Å². The van der Waals surface area contributed by atoms with Gasteiger partial charge >= 0.3 is 0 Å². The molecule has 2 aromatic carbocycles. The molecule has 8 nitrogen and oxygen atoms in total. The van der Waals surface area contributed by atoms with Crippen LogP contribution in [0, 0.1) is 0 Å². The van der Waals surface area contributed by atoms with Gasteiger partial charge in [-0.15, -0.1) is 0 Å². The highest BCUT2D eigenvalue weighted by molar-refractivity contribution is 7.90. The van der Waals surface area contributed by atoms with Gasteiger partial charge in [0, 0.05) is 25.6 Å². The van der Waals surface area contributed by atoms with Crippen LogP contribution in [-0.4, -0.2) is 54.0 Å². The molecule has 2 aromatic rings. The summed E-state index contributed by atoms with van der Waals surface area (Å²) in [6.45, 7) is 5.70. The summed E-state index contributed by atoms with van der Waals surface area (Å²) >= 11 is 0. The fourth-order valence-electron chi connectivity index (χ4n) is 3.80. The number of hydrogen-bond acceptors (Lipinski definition) is 5. The third-order valence-corrected chi connectivity index (χ3v) is 7.87. The van der Waals surface area contributed by atoms with E-state index >= 15 is 0 Å². The van der Waals surface area contributed by atoms with Gasteiger partial charge in [-0.1, -0.05) is 49.4 Å². The van der Waals surface area contributed by atoms with E-state index in [1.807, 2.05) is 44.2 Å². The summed E-state index contributed by atoms with van der Waals surface area (Å²) in [7, 11) is -3.91. The van der Waals surface area contributed by atoms with Gasteiger partial charge in [0.25, 0.3) is 15.9 Å². The molecule has 182 valence electrons. The van der Waals surface area contributed by atoms with Crippen molar-refractivity contribution in [3.8, 4) is 0 Å². The molecule has 3 amide bonds. The molecule has 0 aliphatic carbocycles. The maximum absolute atomic E-state index is 13.2. The lowest BCUT2D eigenvalue weighted by Gasteiger charge is -2.30. The standard InChI is InChI=1S/C25H31N3O5S/c1-4-18(2)26-24(30)19(3)27(17-20-11-6-5-7-12-20)23(29)15-10-16-28-25(31)21-13-8-9-14-22(21)34(28,32)33/h5-9,11-14,18-19H,4,10,15-17H2,1-3H3,(H,26,30)/t18-,19+/m1/s1. The zero-order chi connectivity index (χ0) is 24.9. The first-order valence-corrected chi connectivity index (χ1v) is 12.9. The van der Waals surface area contributed by atoms with Crippen LogP contribution in [0.4, 0.5) is 0 Å². The van der Waals surface area contributed by atoms with Gasteiger partial charge < -0.3 is 10.2 Å². The molecule has 2 atom stereocenters. The average molecular weight is 486 g/mol. The molecule has 0 aromatic heterocycles. The van der Waals surface area contributed by atoms with Gasteiger partial charge in [-0.05, 0) is 44.4 Å². The highest BCUT2D eigenvalue weighted by Gasteiger charge is 2.40. The van der Waals surface area contributed by atoms with E-state index in [2.05, 4.69) is 5.32 Å². The van der Waals surface area contributed by atoms with E-state index in [1.54, 1.807) is 19.1 Å². The number of carbonyl (C=O) groups is 3. The van der Waals surface area contributed by atoms with E-state index < -0.39 is 22.0 Å². The summed E-state index contributed by atoms with van der Waals surface area (Å²) in [6.07, 6.45) is 0.929. The third kappa shape index (κ3) is 5.47. The third-order valence-electron chi connectivity index (χ3n) is 6.03. The van der Waals surface area contributed by atoms with Crippen LogP contribution in [0.1, 0.15) is 56.0 Å². The van der Waals surface area contributed by atoms with Gasteiger partial charge in [0.2, 0.25) is 11.8 Å². The van der Waals surface area contributed by atoms with Crippen molar-refractivity contribution < 1.29 is 22.8 Å². The normalized spacial score (nSPS) is 16.0. The van der Waals surface area contributed by atoms with E-state index in [0.29, 0.717) is 0 Å². The molecule has 1 N–H and O–H groups in total. The van der Waals surface area contributed by atoms with Crippen LogP contribution in [0.25, 0.3) is 0 Å². The number of carbonyl (C=O) groups excluding carboxylic acids is 3. The van der Waals surface area contributed by atoms with E-state index in [4.69, 9.17) is 0 Å². The summed E-state index contributed by atoms with van der Waals surface area (Å²) in [5.41, 5.74) is 1.03. The summed E-state index contributed by atoms with van der Waals surface area (Å²) in [5.74, 6) is -1.10. The molecule has 3 rings (SSSR count). The minimum absolute atomic E-state index is 0.00340. The van der Waals surface area contributed by atoms with Crippen LogP contribution in [0.15, 0.2) is 59.5 Å². The molecule has 0 spiro atoms. The molecule has 0 radical (unpaired) electrons. The summed E-state index contributed by atoms with van der Waals surface area (Å²) in [4.78, 5) is 40.0. The van der Waals surface area contributed by atoms with Crippen LogP contribution < -0.4 is 5.32 Å². The van der Waals surface area contributed by atoms with Crippen LogP contribution in [-0.2, 0) is 26.2 Å². The maximum atomic E-state index is 13.2. The first-order valence-electron chi connectivity index (χ1n) is 11.5. The van der Waals surface area contributed by atoms with Crippen molar-refractivity contribution in [1.29, 1.82) is 0 Å². The molecule has 1 aliphatic heterocycles. The topological polar surface area (TPSA) is 104 Å². The predicted molar refractivity (Wildman–Crippen MR) is 128 cm³/mol. The molecular formula is C25H31N3O5S. The zero-order valence-electron chi connectivity index (χ0n) is 19.7. The molecular weight excluding hydrogens is 454 g/mol. The Morgan fingerprint density at radius 2 is 1.68 bits per heavy atom. The Morgan fingerprint density at radius 1 is 1.03 bits per heavy atom. The Morgan fingerprint density at radius 3 is 2.32 bits per heavy atom. The Kier molecular flexibility index (Phi) is 8.09. The van der Waals surface area contributed by atoms with Crippen molar-refractivity contribution >= 4 is 27.7 Å². The fraction of sp³-hybridized carbons (Fsp3) is 0.400. The molecule has 0 bridgehead atoms. The van der Waals surface area contributed by atoms with E-state index in [9.17, 15) is 22.8 Å². The van der Waals surface area contributed by atoms with Gasteiger partial charge in [-0.3, -0.25) is 14.4 Å². The van der Waals surface area contributed by atoms with Crippen molar-refractivity contribution in [2.24, 2.45) is 0 Å². The first kappa shape index (κ1) is 25.4. The maximum Gasteiger partial charge on any atom is 0.269 e. The number of amides is 3. The second kappa shape index (κ2) is 10.8. The van der Waals surface area contributed by atoms with E-state index in [-0.39, 0.29) is 54.2 Å². The first-order chi connectivity index (χ1) is 16.2. The van der Waals surface area contributed by atoms with E-state index in [1.165, 1.54) is 17.0 Å². The van der Waals surface area contributed by atoms with Gasteiger partial charge in [-0.25, -0.2) is 12.7 Å². The Labute approximate surface area is 201 Å². The Balaban J connectivity index is 1.69. The predicted octanol–water partition coefficient (Wildman–Crippen LogP) is 2.94. The number of nitrogens with zero attached hydrogens (tertiary/aromatic N) is 2. The van der Waals surface area contributed by atoms with Gasteiger partial charge in [0.05, 0.1) is 5.56 Å². The largest absolute Gasteiger partial charge is 0.352 e. The fourth-order valence-corrected chi connectivity index (χ4v) is 5.41. The number of fused-ring (bicyclic) bond motifs is 1. The number of rotatable bonds is 10. The highest BCUT2D eigenvalue weighted by Crippen LogP contribution is 2.30. The molecule has 1 aliphatic rings. The highest BCUT2D eigenvalue weighted by atomic mass is 32.2. The smallest absolute Gasteiger partial charge is 0.269 e. The minimum atomic E-state index is -3.91. The van der Waals surface area contributed by atoms with Crippen molar-refractivity contribution in [2.75, 3.05) is 6.54 Å². The van der Waals surface area contributed by atoms with Crippen molar-refractivity contribution in [3.63, 3.8) is 0 Å². The monoisotopic (exact) mass is 485 g/mol. The molecule has 0 saturated carbocycles. The van der Waals surface area contributed by atoms with Crippen LogP contribution in [0.2, 0.25) is 0 Å². The summed E-state index contributed by atoms with van der Waals surface area (Å²) < 4.78 is 26.3. The molecule has 0 saturated heterocycles. The van der Waals surface area contributed by atoms with Crippen molar-refractivity contribution in [1.82, 2.24) is 14.5 Å². The Bertz CT molecular complexity index is 1150. The van der Waals surface area contributed by atoms with Crippen molar-refractivity contribution in [3.05, 3.63) is 65.7 Å². The minimum Gasteiger partial charge on any atom is -0.352 e. The summed E-state index contributed by atoms with van der Waals surface area (Å²) in [5, 5.41) is 2.91. The average Bonchev–Trinajstić information content (AvgIpc) is 3.03. The lowest BCUT2D eigenvalue weighted by Crippen LogP contribution is -2.49. The van der Waals surface area contributed by atoms with Crippen LogP contribution in [0.5, 0.6) is 0 Å². The van der Waals surface area contributed by atoms with Gasteiger partial charge in [-0.2, -0.15) is 0 Å². The molecule has 9 heteroatoms. The lowest BCUT2D eigenvalue weighted by molar-refractivity contribution is -0.141. The molecule has 1 heterocycles. The molecule has 0 unspecified atom stereocenters. The number of nitrogens with one attached hydrogen (secondary N) is 1.